The Labute approximate surface area is 197 Å². The van der Waals surface area contributed by atoms with Crippen molar-refractivity contribution in [3.8, 4) is 11.5 Å². The second kappa shape index (κ2) is 10.4. The summed E-state index contributed by atoms with van der Waals surface area (Å²) >= 11 is 1.49. The first-order valence-electron chi connectivity index (χ1n) is 10.6. The molecule has 0 spiro atoms. The second-order valence-electron chi connectivity index (χ2n) is 7.42. The van der Waals surface area contributed by atoms with Gasteiger partial charge in [0.15, 0.2) is 11.5 Å². The maximum atomic E-state index is 13.3. The number of carbonyl (C=O) groups excluding carboxylic acids is 2. The number of para-hydroxylation sites is 2. The SMILES string of the molecule is COc1cccc(CNC(=O)CCCN2C(=O)c3cccnc3Sc3ccccc32)c1OC. The molecule has 0 fully saturated rings. The van der Waals surface area contributed by atoms with E-state index in [0.29, 0.717) is 48.0 Å². The van der Waals surface area contributed by atoms with E-state index in [0.717, 1.165) is 16.1 Å². The molecule has 0 saturated carbocycles. The van der Waals surface area contributed by atoms with Crippen molar-refractivity contribution >= 4 is 29.3 Å². The fourth-order valence-corrected chi connectivity index (χ4v) is 4.77. The molecule has 3 aromatic rings. The van der Waals surface area contributed by atoms with E-state index >= 15 is 0 Å². The Bertz CT molecular complexity index is 1170. The third kappa shape index (κ3) is 4.96. The number of rotatable bonds is 8. The van der Waals surface area contributed by atoms with Gasteiger partial charge in [0, 0.05) is 36.2 Å². The fraction of sp³-hybridized carbons (Fsp3) is 0.240. The van der Waals surface area contributed by atoms with Gasteiger partial charge in [-0.05, 0) is 36.8 Å². The number of benzene rings is 2. The van der Waals surface area contributed by atoms with Crippen LogP contribution in [0.3, 0.4) is 0 Å². The number of anilines is 1. The highest BCUT2D eigenvalue weighted by Gasteiger charge is 2.27. The predicted molar refractivity (Wildman–Crippen MR) is 127 cm³/mol. The van der Waals surface area contributed by atoms with Crippen LogP contribution < -0.4 is 19.7 Å². The lowest BCUT2D eigenvalue weighted by Gasteiger charge is -2.22. The number of hydrogen-bond acceptors (Lipinski definition) is 6. The third-order valence-corrected chi connectivity index (χ3v) is 6.44. The van der Waals surface area contributed by atoms with Crippen LogP contribution in [0.25, 0.3) is 0 Å². The van der Waals surface area contributed by atoms with Crippen molar-refractivity contribution in [2.24, 2.45) is 0 Å². The first-order valence-corrected chi connectivity index (χ1v) is 11.4. The van der Waals surface area contributed by atoms with E-state index in [1.165, 1.54) is 11.8 Å². The number of ether oxygens (including phenoxy) is 2. The number of aromatic nitrogens is 1. The van der Waals surface area contributed by atoms with Crippen molar-refractivity contribution in [3.05, 3.63) is 71.9 Å². The quantitative estimate of drug-likeness (QED) is 0.536. The van der Waals surface area contributed by atoms with Gasteiger partial charge in [0.05, 0.1) is 25.5 Å². The van der Waals surface area contributed by atoms with E-state index in [1.807, 2.05) is 42.5 Å². The van der Waals surface area contributed by atoms with Crippen LogP contribution in [0.1, 0.15) is 28.8 Å². The smallest absolute Gasteiger partial charge is 0.261 e. The van der Waals surface area contributed by atoms with E-state index in [-0.39, 0.29) is 11.8 Å². The second-order valence-corrected chi connectivity index (χ2v) is 8.45. The summed E-state index contributed by atoms with van der Waals surface area (Å²) in [5, 5.41) is 3.63. The average molecular weight is 464 g/mol. The van der Waals surface area contributed by atoms with Gasteiger partial charge >= 0.3 is 0 Å². The van der Waals surface area contributed by atoms with Crippen molar-refractivity contribution in [2.45, 2.75) is 29.3 Å². The summed E-state index contributed by atoms with van der Waals surface area (Å²) in [5.74, 6) is 1.04. The number of amides is 2. The van der Waals surface area contributed by atoms with Gasteiger partial charge in [-0.2, -0.15) is 0 Å². The standard InChI is InChI=1S/C25H25N3O4S/c1-31-20-11-5-8-17(23(20)32-2)16-27-22(29)13-7-15-28-19-10-3-4-12-21(19)33-24-18(25(28)30)9-6-14-26-24/h3-6,8-12,14H,7,13,15-16H2,1-2H3,(H,27,29). The van der Waals surface area contributed by atoms with E-state index in [1.54, 1.807) is 37.4 Å². The molecule has 4 rings (SSSR count). The zero-order chi connectivity index (χ0) is 23.2. The Morgan fingerprint density at radius 1 is 1.06 bits per heavy atom. The lowest BCUT2D eigenvalue weighted by molar-refractivity contribution is -0.121. The van der Waals surface area contributed by atoms with Gasteiger partial charge in [-0.1, -0.05) is 36.0 Å². The number of fused-ring (bicyclic) bond motifs is 2. The van der Waals surface area contributed by atoms with Gasteiger partial charge < -0.3 is 19.7 Å². The fourth-order valence-electron chi connectivity index (χ4n) is 3.76. The predicted octanol–water partition coefficient (Wildman–Crippen LogP) is 4.31. The molecular weight excluding hydrogens is 438 g/mol. The van der Waals surface area contributed by atoms with Crippen LogP contribution in [0.5, 0.6) is 11.5 Å². The Kier molecular flexibility index (Phi) is 7.14. The summed E-state index contributed by atoms with van der Waals surface area (Å²) in [6.07, 6.45) is 2.52. The molecule has 0 aliphatic carbocycles. The molecule has 2 heterocycles. The Hall–Kier alpha value is -3.52. The normalized spacial score (nSPS) is 12.4. The van der Waals surface area contributed by atoms with Gasteiger partial charge in [0.2, 0.25) is 5.91 Å². The minimum atomic E-state index is -0.0999. The van der Waals surface area contributed by atoms with Crippen LogP contribution in [-0.4, -0.2) is 37.6 Å². The number of nitrogens with one attached hydrogen (secondary N) is 1. The van der Waals surface area contributed by atoms with Gasteiger partial charge in [0.1, 0.15) is 5.03 Å². The van der Waals surface area contributed by atoms with Gasteiger partial charge in [-0.3, -0.25) is 9.59 Å². The summed E-state index contributed by atoms with van der Waals surface area (Å²) in [4.78, 5) is 32.9. The molecule has 7 nitrogen and oxygen atoms in total. The van der Waals surface area contributed by atoms with Crippen molar-refractivity contribution < 1.29 is 19.1 Å². The minimum Gasteiger partial charge on any atom is -0.493 e. The van der Waals surface area contributed by atoms with Crippen LogP contribution in [-0.2, 0) is 11.3 Å². The van der Waals surface area contributed by atoms with Gasteiger partial charge in [-0.15, -0.1) is 0 Å². The molecule has 1 aromatic heterocycles. The monoisotopic (exact) mass is 463 g/mol. The number of carbonyl (C=O) groups is 2. The van der Waals surface area contributed by atoms with Crippen LogP contribution in [0.15, 0.2) is 70.7 Å². The van der Waals surface area contributed by atoms with Crippen LogP contribution in [0, 0.1) is 0 Å². The lowest BCUT2D eigenvalue weighted by atomic mass is 10.1. The highest BCUT2D eigenvalue weighted by molar-refractivity contribution is 7.99. The van der Waals surface area contributed by atoms with Crippen LogP contribution in [0.4, 0.5) is 5.69 Å². The van der Waals surface area contributed by atoms with Gasteiger partial charge in [0.25, 0.3) is 5.91 Å². The molecule has 0 atom stereocenters. The lowest BCUT2D eigenvalue weighted by Crippen LogP contribution is -2.33. The summed E-state index contributed by atoms with van der Waals surface area (Å²) in [5.41, 5.74) is 2.25. The van der Waals surface area contributed by atoms with E-state index in [9.17, 15) is 9.59 Å². The minimum absolute atomic E-state index is 0.0909. The summed E-state index contributed by atoms with van der Waals surface area (Å²) in [7, 11) is 3.15. The Morgan fingerprint density at radius 3 is 2.73 bits per heavy atom. The maximum absolute atomic E-state index is 13.3. The van der Waals surface area contributed by atoms with Crippen molar-refractivity contribution in [1.82, 2.24) is 10.3 Å². The zero-order valence-corrected chi connectivity index (χ0v) is 19.4. The molecule has 170 valence electrons. The van der Waals surface area contributed by atoms with E-state index in [4.69, 9.17) is 9.47 Å². The van der Waals surface area contributed by atoms with Crippen molar-refractivity contribution in [3.63, 3.8) is 0 Å². The molecule has 1 aliphatic rings. The van der Waals surface area contributed by atoms with Crippen LogP contribution in [0.2, 0.25) is 0 Å². The summed E-state index contributed by atoms with van der Waals surface area (Å²) < 4.78 is 10.7. The number of hydrogen-bond donors (Lipinski definition) is 1. The third-order valence-electron chi connectivity index (χ3n) is 5.36. The molecule has 0 saturated heterocycles. The molecule has 1 aliphatic heterocycles. The Morgan fingerprint density at radius 2 is 1.91 bits per heavy atom. The molecule has 0 bridgehead atoms. The Balaban J connectivity index is 1.40. The topological polar surface area (TPSA) is 80.8 Å². The highest BCUT2D eigenvalue weighted by atomic mass is 32.2. The van der Waals surface area contributed by atoms with Gasteiger partial charge in [-0.25, -0.2) is 4.98 Å². The molecule has 0 unspecified atom stereocenters. The molecule has 2 amide bonds. The largest absolute Gasteiger partial charge is 0.493 e. The summed E-state index contributed by atoms with van der Waals surface area (Å²) in [6.45, 7) is 0.765. The number of nitrogens with zero attached hydrogens (tertiary/aromatic N) is 2. The van der Waals surface area contributed by atoms with Crippen LogP contribution >= 0.6 is 11.8 Å². The first kappa shape index (κ1) is 22.7. The molecule has 8 heteroatoms. The molecule has 1 N–H and O–H groups in total. The molecule has 0 radical (unpaired) electrons. The van der Waals surface area contributed by atoms with Crippen molar-refractivity contribution in [1.29, 1.82) is 0 Å². The highest BCUT2D eigenvalue weighted by Crippen LogP contribution is 2.40. The molecular formula is C25H25N3O4S. The van der Waals surface area contributed by atoms with E-state index in [2.05, 4.69) is 10.3 Å². The number of pyridine rings is 1. The number of methoxy groups -OCH3 is 2. The first-order chi connectivity index (χ1) is 16.1. The van der Waals surface area contributed by atoms with E-state index < -0.39 is 0 Å². The summed E-state index contributed by atoms with van der Waals surface area (Å²) in [6, 6.07) is 16.9. The average Bonchev–Trinajstić information content (AvgIpc) is 2.96. The molecule has 33 heavy (non-hydrogen) atoms. The molecule has 2 aromatic carbocycles. The maximum Gasteiger partial charge on any atom is 0.261 e. The zero-order valence-electron chi connectivity index (χ0n) is 18.5. The van der Waals surface area contributed by atoms with Crippen molar-refractivity contribution in [2.75, 3.05) is 25.7 Å².